The first kappa shape index (κ1) is 20.5. The fraction of sp³-hybridized carbons (Fsp3) is 0.476. The number of hydrogen-bond acceptors (Lipinski definition) is 5. The molecule has 28 heavy (non-hydrogen) atoms. The van der Waals surface area contributed by atoms with E-state index in [0.29, 0.717) is 37.7 Å². The third-order valence-electron chi connectivity index (χ3n) is 4.79. The number of carbonyl (C=O) groups excluding carboxylic acids is 1. The lowest BCUT2D eigenvalue weighted by Gasteiger charge is -2.26. The molecule has 2 amide bonds. The van der Waals surface area contributed by atoms with Crippen LogP contribution in [0.3, 0.4) is 0 Å². The molecule has 1 aromatic heterocycles. The maximum absolute atomic E-state index is 13.0. The van der Waals surface area contributed by atoms with Gasteiger partial charge in [0.2, 0.25) is 0 Å². The van der Waals surface area contributed by atoms with E-state index in [-0.39, 0.29) is 6.03 Å². The topological polar surface area (TPSA) is 54.0 Å². The molecule has 152 valence electrons. The predicted octanol–water partition coefficient (Wildman–Crippen LogP) is 4.29. The first-order chi connectivity index (χ1) is 13.7. The van der Waals surface area contributed by atoms with Crippen LogP contribution < -0.4 is 14.8 Å². The number of ether oxygens (including phenoxy) is 2. The van der Waals surface area contributed by atoms with E-state index < -0.39 is 0 Å². The molecule has 1 N–H and O–H groups in total. The third-order valence-corrected chi connectivity index (χ3v) is 5.65. The molecule has 1 aliphatic heterocycles. The third kappa shape index (κ3) is 5.62. The van der Waals surface area contributed by atoms with Crippen LogP contribution in [0.1, 0.15) is 25.1 Å². The smallest absolute Gasteiger partial charge is 0.322 e. The molecular weight excluding hydrogens is 374 g/mol. The molecule has 0 radical (unpaired) electrons. The average Bonchev–Trinajstić information content (AvgIpc) is 3.11. The Hall–Kier alpha value is -2.25. The number of likely N-dealkylation sites (N-methyl/N-ethyl adjacent to an activating group) is 1. The maximum Gasteiger partial charge on any atom is 0.322 e. The highest BCUT2D eigenvalue weighted by atomic mass is 32.1. The van der Waals surface area contributed by atoms with Gasteiger partial charge in [-0.3, -0.25) is 0 Å². The lowest BCUT2D eigenvalue weighted by atomic mass is 10.2. The quantitative estimate of drug-likeness (QED) is 0.715. The number of thiophene rings is 1. The summed E-state index contributed by atoms with van der Waals surface area (Å²) in [5, 5.41) is 5.06. The van der Waals surface area contributed by atoms with E-state index in [9.17, 15) is 4.79 Å². The van der Waals surface area contributed by atoms with Gasteiger partial charge in [0.15, 0.2) is 11.5 Å². The van der Waals surface area contributed by atoms with E-state index in [2.05, 4.69) is 30.1 Å². The number of benzene rings is 1. The Labute approximate surface area is 171 Å². The van der Waals surface area contributed by atoms with Crippen LogP contribution in [0.4, 0.5) is 10.5 Å². The van der Waals surface area contributed by atoms with E-state index in [1.165, 1.54) is 4.88 Å². The second kappa shape index (κ2) is 10.3. The minimum atomic E-state index is -0.102. The summed E-state index contributed by atoms with van der Waals surface area (Å²) < 4.78 is 11.4. The highest BCUT2D eigenvalue weighted by Crippen LogP contribution is 2.32. The van der Waals surface area contributed by atoms with Gasteiger partial charge in [-0.2, -0.15) is 0 Å². The van der Waals surface area contributed by atoms with Crippen molar-refractivity contribution in [2.24, 2.45) is 0 Å². The number of nitrogens with zero attached hydrogens (tertiary/aromatic N) is 2. The van der Waals surface area contributed by atoms with E-state index in [1.54, 1.807) is 11.3 Å². The molecule has 3 rings (SSSR count). The van der Waals surface area contributed by atoms with E-state index in [4.69, 9.17) is 9.47 Å². The van der Waals surface area contributed by atoms with Gasteiger partial charge >= 0.3 is 6.03 Å². The van der Waals surface area contributed by atoms with Crippen molar-refractivity contribution >= 4 is 23.1 Å². The zero-order valence-corrected chi connectivity index (χ0v) is 17.5. The van der Waals surface area contributed by atoms with Crippen LogP contribution in [0, 0.1) is 0 Å². The molecule has 6 nitrogen and oxygen atoms in total. The Morgan fingerprint density at radius 2 is 1.89 bits per heavy atom. The molecule has 1 aromatic carbocycles. The van der Waals surface area contributed by atoms with Crippen LogP contribution in [0.25, 0.3) is 0 Å². The second-order valence-corrected chi connectivity index (χ2v) is 7.70. The van der Waals surface area contributed by atoms with Gasteiger partial charge in [0.05, 0.1) is 19.8 Å². The van der Waals surface area contributed by atoms with Gasteiger partial charge in [-0.15, -0.1) is 11.3 Å². The number of nitrogens with one attached hydrogen (secondary N) is 1. The van der Waals surface area contributed by atoms with E-state index in [0.717, 1.165) is 31.8 Å². The van der Waals surface area contributed by atoms with Crippen molar-refractivity contribution in [1.29, 1.82) is 0 Å². The van der Waals surface area contributed by atoms with E-state index in [1.807, 2.05) is 34.5 Å². The number of hydrogen-bond donors (Lipinski definition) is 1. The van der Waals surface area contributed by atoms with Crippen molar-refractivity contribution in [3.8, 4) is 11.5 Å². The summed E-state index contributed by atoms with van der Waals surface area (Å²) in [7, 11) is 0. The van der Waals surface area contributed by atoms with Crippen LogP contribution in [0.5, 0.6) is 11.5 Å². The van der Waals surface area contributed by atoms with Crippen molar-refractivity contribution in [3.05, 3.63) is 40.6 Å². The predicted molar refractivity (Wildman–Crippen MR) is 114 cm³/mol. The van der Waals surface area contributed by atoms with Crippen molar-refractivity contribution in [1.82, 2.24) is 9.80 Å². The lowest BCUT2D eigenvalue weighted by molar-refractivity contribution is 0.195. The molecule has 0 fully saturated rings. The lowest BCUT2D eigenvalue weighted by Crippen LogP contribution is -2.40. The van der Waals surface area contributed by atoms with Gasteiger partial charge in [0.25, 0.3) is 0 Å². The molecule has 2 aromatic rings. The van der Waals surface area contributed by atoms with Gasteiger partial charge in [-0.25, -0.2) is 4.79 Å². The second-order valence-electron chi connectivity index (χ2n) is 6.67. The van der Waals surface area contributed by atoms with Crippen LogP contribution in [0.15, 0.2) is 35.7 Å². The molecule has 0 saturated heterocycles. The fourth-order valence-corrected chi connectivity index (χ4v) is 3.81. The summed E-state index contributed by atoms with van der Waals surface area (Å²) in [5.74, 6) is 1.41. The monoisotopic (exact) mass is 403 g/mol. The van der Waals surface area contributed by atoms with E-state index >= 15 is 0 Å². The van der Waals surface area contributed by atoms with Crippen molar-refractivity contribution < 1.29 is 14.3 Å². The van der Waals surface area contributed by atoms with Crippen LogP contribution >= 0.6 is 11.3 Å². The van der Waals surface area contributed by atoms with Crippen molar-refractivity contribution in [2.45, 2.75) is 26.8 Å². The zero-order chi connectivity index (χ0) is 19.8. The Morgan fingerprint density at radius 3 is 2.61 bits per heavy atom. The molecule has 0 unspecified atom stereocenters. The summed E-state index contributed by atoms with van der Waals surface area (Å²) in [6.07, 6.45) is 0.857. The highest BCUT2D eigenvalue weighted by molar-refractivity contribution is 7.09. The van der Waals surface area contributed by atoms with Crippen LogP contribution in [0.2, 0.25) is 0 Å². The standard InChI is InChI=1S/C21H29N3O3S/c1-3-23(4-2)10-11-24(16-18-7-5-14-28-18)21(25)22-17-8-9-19-20(15-17)27-13-6-12-26-19/h5,7-9,14-15H,3-4,6,10-13,16H2,1-2H3,(H,22,25). The molecule has 0 aliphatic carbocycles. The summed E-state index contributed by atoms with van der Waals surface area (Å²) in [6, 6.07) is 9.54. The number of anilines is 1. The van der Waals surface area contributed by atoms with Gasteiger partial charge < -0.3 is 24.6 Å². The Bertz CT molecular complexity index is 747. The van der Waals surface area contributed by atoms with Gasteiger partial charge in [-0.1, -0.05) is 19.9 Å². The number of carbonyl (C=O) groups is 1. The normalized spacial score (nSPS) is 13.2. The molecular formula is C21H29N3O3S. The molecule has 7 heteroatoms. The highest BCUT2D eigenvalue weighted by Gasteiger charge is 2.17. The molecule has 0 bridgehead atoms. The minimum absolute atomic E-state index is 0.102. The van der Waals surface area contributed by atoms with Crippen molar-refractivity contribution in [3.63, 3.8) is 0 Å². The molecule has 0 atom stereocenters. The average molecular weight is 404 g/mol. The molecule has 1 aliphatic rings. The Morgan fingerprint density at radius 1 is 1.11 bits per heavy atom. The summed E-state index contributed by atoms with van der Waals surface area (Å²) in [4.78, 5) is 18.4. The van der Waals surface area contributed by atoms with Gasteiger partial charge in [-0.05, 0) is 36.7 Å². The molecule has 0 saturated carbocycles. The zero-order valence-electron chi connectivity index (χ0n) is 16.6. The number of fused-ring (bicyclic) bond motifs is 1. The summed E-state index contributed by atoms with van der Waals surface area (Å²) >= 11 is 1.67. The summed E-state index contributed by atoms with van der Waals surface area (Å²) in [6.45, 7) is 9.66. The van der Waals surface area contributed by atoms with Crippen LogP contribution in [-0.4, -0.2) is 55.2 Å². The fourth-order valence-electron chi connectivity index (χ4n) is 3.09. The number of amides is 2. The van der Waals surface area contributed by atoms with Gasteiger partial charge in [0.1, 0.15) is 0 Å². The number of urea groups is 1. The first-order valence-electron chi connectivity index (χ1n) is 9.90. The maximum atomic E-state index is 13.0. The summed E-state index contributed by atoms with van der Waals surface area (Å²) in [5.41, 5.74) is 0.716. The Kier molecular flexibility index (Phi) is 7.56. The SMILES string of the molecule is CCN(CC)CCN(Cc1cccs1)C(=O)Nc1ccc2c(c1)OCCCO2. The van der Waals surface area contributed by atoms with Crippen LogP contribution in [-0.2, 0) is 6.54 Å². The molecule has 2 heterocycles. The minimum Gasteiger partial charge on any atom is -0.490 e. The Balaban J connectivity index is 1.68. The van der Waals surface area contributed by atoms with Gasteiger partial charge in [0, 0.05) is 36.1 Å². The first-order valence-corrected chi connectivity index (χ1v) is 10.8. The molecule has 0 spiro atoms. The van der Waals surface area contributed by atoms with Crippen molar-refractivity contribution in [2.75, 3.05) is 44.7 Å². The number of rotatable bonds is 8. The largest absolute Gasteiger partial charge is 0.490 e.